The van der Waals surface area contributed by atoms with Gasteiger partial charge in [-0.05, 0) is 0 Å². The van der Waals surface area contributed by atoms with Gasteiger partial charge in [-0.2, -0.15) is 0 Å². The predicted octanol–water partition coefficient (Wildman–Crippen LogP) is -11.6. The average molecular weight is 322 g/mol. The van der Waals surface area contributed by atoms with Crippen LogP contribution in [-0.2, 0) is 9.36 Å². The quantitative estimate of drug-likeness (QED) is 0.208. The molecule has 0 amide bonds. The summed E-state index contributed by atoms with van der Waals surface area (Å²) in [6.07, 6.45) is -5.22. The zero-order chi connectivity index (χ0) is 14.2. The monoisotopic (exact) mass is 322 g/mol. The van der Waals surface area contributed by atoms with Crippen LogP contribution in [-0.4, -0.2) is 67.7 Å². The minimum Gasteiger partial charge on any atom is -0.790 e. The number of aliphatic hydroxyl groups is 5. The Morgan fingerprint density at radius 1 is 1.11 bits per heavy atom. The van der Waals surface area contributed by atoms with Crippen LogP contribution in [0.5, 0.6) is 0 Å². The molecule has 0 aliphatic carbocycles. The molecule has 0 aromatic heterocycles. The van der Waals surface area contributed by atoms with Gasteiger partial charge in [0.15, 0.2) is 5.78 Å². The Labute approximate surface area is 152 Å². The Kier molecular flexibility index (Phi) is 21.9. The van der Waals surface area contributed by atoms with Crippen LogP contribution in [0.2, 0.25) is 0 Å². The van der Waals surface area contributed by atoms with Gasteiger partial charge in [0.25, 0.3) is 0 Å². The average Bonchev–Trinajstić information content (AvgIpc) is 2.22. The van der Waals surface area contributed by atoms with E-state index in [1.165, 1.54) is 0 Å². The number of Topliss-reactive ketones (excluding diaryl/α,β-unsaturated/α-hetero) is 1. The molecule has 0 aliphatic rings. The Morgan fingerprint density at radius 2 is 1.42 bits per heavy atom. The molecule has 0 radical (unpaired) electrons. The van der Waals surface area contributed by atoms with Crippen LogP contribution < -0.4 is 68.9 Å². The Balaban J connectivity index is -0.000000139. The van der Waals surface area contributed by atoms with Gasteiger partial charge in [-0.3, -0.25) is 4.79 Å². The number of ketones is 1. The molecule has 0 bridgehead atoms. The molecule has 19 heavy (non-hydrogen) atoms. The molecule has 0 saturated carbocycles. The van der Waals surface area contributed by atoms with E-state index in [0.717, 1.165) is 0 Å². The predicted molar refractivity (Wildman–Crippen MR) is 47.0 cm³/mol. The molecule has 0 spiro atoms. The van der Waals surface area contributed by atoms with E-state index in [-0.39, 0.29) is 59.1 Å². The summed E-state index contributed by atoms with van der Waals surface area (Å²) in [5.41, 5.74) is 0. The minimum absolute atomic E-state index is 0. The second-order valence-electron chi connectivity index (χ2n) is 2.78. The number of hydrogen-bond acceptors (Lipinski definition) is 9. The van der Waals surface area contributed by atoms with Crippen molar-refractivity contribution in [3.63, 3.8) is 0 Å². The zero-order valence-electron chi connectivity index (χ0n) is 10.4. The molecule has 0 saturated heterocycles. The topological polar surface area (TPSA) is 202 Å². The molecule has 104 valence electrons. The minimum atomic E-state index is -5.14. The first-order valence-corrected chi connectivity index (χ1v) is 5.57. The fraction of sp³-hybridized carbons (Fsp3) is 0.833. The van der Waals surface area contributed by atoms with Crippen molar-refractivity contribution < 1.29 is 109 Å². The second-order valence-corrected chi connectivity index (χ2v) is 3.72. The van der Waals surface area contributed by atoms with Gasteiger partial charge < -0.3 is 44.8 Å². The molecule has 0 heterocycles. The number of carbonyl (C=O) groups excluding carboxylic acids is 1. The van der Waals surface area contributed by atoms with Gasteiger partial charge in [0.1, 0.15) is 24.9 Å². The van der Waals surface area contributed by atoms with Crippen molar-refractivity contribution in [1.82, 2.24) is 0 Å². The second kappa shape index (κ2) is 14.5. The summed E-state index contributed by atoms with van der Waals surface area (Å²) in [5, 5.41) is 43.1. The third-order valence-electron chi connectivity index (χ3n) is 1.39. The van der Waals surface area contributed by atoms with Crippen LogP contribution in [0.25, 0.3) is 0 Å². The maximum absolute atomic E-state index is 10.5. The van der Waals surface area contributed by atoms with E-state index in [2.05, 4.69) is 0 Å². The van der Waals surface area contributed by atoms with Crippen molar-refractivity contribution in [2.75, 3.05) is 13.2 Å². The first kappa shape index (κ1) is 28.7. The summed E-state index contributed by atoms with van der Waals surface area (Å²) >= 11 is 0. The van der Waals surface area contributed by atoms with Gasteiger partial charge in [-0.1, -0.05) is 0 Å². The summed E-state index contributed by atoms with van der Waals surface area (Å²) in [4.78, 5) is 34.8. The van der Waals surface area contributed by atoms with Gasteiger partial charge in [0.05, 0.1) is 14.4 Å². The van der Waals surface area contributed by atoms with Crippen molar-refractivity contribution >= 4 is 13.6 Å². The number of carbonyl (C=O) groups is 1. The van der Waals surface area contributed by atoms with Gasteiger partial charge in [-0.25, -0.2) is 0 Å². The van der Waals surface area contributed by atoms with Gasteiger partial charge in [0, 0.05) is 0 Å². The van der Waals surface area contributed by atoms with E-state index in [4.69, 9.17) is 44.8 Å². The Morgan fingerprint density at radius 3 is 1.63 bits per heavy atom. The molecule has 10 nitrogen and oxygen atoms in total. The largest absolute Gasteiger partial charge is 1.00 e. The van der Waals surface area contributed by atoms with Crippen molar-refractivity contribution in [3.05, 3.63) is 0 Å². The fourth-order valence-corrected chi connectivity index (χ4v) is 0.602. The molecule has 3 atom stereocenters. The summed E-state index contributed by atoms with van der Waals surface area (Å²) in [7, 11) is -5.14. The van der Waals surface area contributed by atoms with E-state index in [9.17, 15) is 4.79 Å². The van der Waals surface area contributed by atoms with Crippen molar-refractivity contribution in [1.29, 1.82) is 0 Å². The molecule has 13 heteroatoms. The first-order valence-electron chi connectivity index (χ1n) is 4.08. The van der Waals surface area contributed by atoms with Crippen LogP contribution in [0.4, 0.5) is 0 Å². The molecule has 0 aromatic rings. The summed E-state index contributed by atoms with van der Waals surface area (Å²) in [6.45, 7) is -1.69. The normalized spacial score (nSPS) is 14.7. The molecule has 0 aliphatic heterocycles. The van der Waals surface area contributed by atoms with Crippen LogP contribution in [0.1, 0.15) is 0 Å². The number of hydrogen-bond donors (Lipinski definition) is 6. The smallest absolute Gasteiger partial charge is 0.790 e. The Bertz CT molecular complexity index is 262. The molecule has 0 unspecified atom stereocenters. The number of phosphoric acid groups is 1. The third kappa shape index (κ3) is 19.6. The van der Waals surface area contributed by atoms with Crippen LogP contribution >= 0.6 is 7.82 Å². The summed E-state index contributed by atoms with van der Waals surface area (Å²) in [5.74, 6) is -1.00. The van der Waals surface area contributed by atoms with E-state index in [1.807, 2.05) is 0 Å². The molecule has 0 aromatic carbocycles. The van der Waals surface area contributed by atoms with Crippen molar-refractivity contribution in [3.8, 4) is 0 Å². The Hall–Kier alpha value is 1.58. The summed E-state index contributed by atoms with van der Waals surface area (Å²) < 4.78 is 8.66. The van der Waals surface area contributed by atoms with Gasteiger partial charge >= 0.3 is 59.1 Å². The maximum atomic E-state index is 10.5. The van der Waals surface area contributed by atoms with Crippen LogP contribution in [0.3, 0.4) is 0 Å². The maximum Gasteiger partial charge on any atom is 1.00 e. The standard InChI is InChI=1S/C6H12O6.2Na.H3O4P/c7-1-3(9)5(11)6(12)4(10)2-8;;;1-5(2,3)4/h3,5-9,11-12H,1-2H2;;;(H3,1,2,3,4)/q;2*+1;/p-2/t3-,5-,6-;;;/m1.../s1. The summed E-state index contributed by atoms with van der Waals surface area (Å²) in [6, 6.07) is 0. The van der Waals surface area contributed by atoms with Crippen molar-refractivity contribution in [2.24, 2.45) is 0 Å². The zero-order valence-corrected chi connectivity index (χ0v) is 15.3. The molecule has 0 fully saturated rings. The van der Waals surface area contributed by atoms with Crippen molar-refractivity contribution in [2.45, 2.75) is 18.3 Å². The molecule has 0 rings (SSSR count). The molecular weight excluding hydrogens is 309 g/mol. The number of rotatable bonds is 5. The van der Waals surface area contributed by atoms with Crippen LogP contribution in [0, 0.1) is 0 Å². The number of aliphatic hydroxyl groups excluding tert-OH is 5. The van der Waals surface area contributed by atoms with Gasteiger partial charge in [0.2, 0.25) is 0 Å². The molecule has 6 N–H and O–H groups in total. The SMILES string of the molecule is O=C(CO)[C@@H](O)[C@H](O)[C@H](O)CO.O=P([O-])([O-])O.[Na+].[Na+]. The van der Waals surface area contributed by atoms with Gasteiger partial charge in [-0.15, -0.1) is 0 Å². The fourth-order valence-electron chi connectivity index (χ4n) is 0.602. The van der Waals surface area contributed by atoms with Crippen LogP contribution in [0.15, 0.2) is 0 Å². The third-order valence-corrected chi connectivity index (χ3v) is 1.39. The van der Waals surface area contributed by atoms with E-state index in [0.29, 0.717) is 0 Å². The first-order chi connectivity index (χ1) is 7.54. The van der Waals surface area contributed by atoms with E-state index < -0.39 is 45.1 Å². The van der Waals surface area contributed by atoms with E-state index >= 15 is 0 Å². The molecular formula is C6H13Na2O10P. The van der Waals surface area contributed by atoms with E-state index in [1.54, 1.807) is 0 Å².